The second kappa shape index (κ2) is 6.00. The van der Waals surface area contributed by atoms with E-state index in [9.17, 15) is 4.79 Å². The van der Waals surface area contributed by atoms with Crippen LogP contribution in [0, 0.1) is 0 Å². The molecular weight excluding hydrogens is 230 g/mol. The number of hydrogen-bond acceptors (Lipinski definition) is 4. The number of amides is 1. The summed E-state index contributed by atoms with van der Waals surface area (Å²) >= 11 is 0. The average Bonchev–Trinajstić information content (AvgIpc) is 2.75. The predicted molar refractivity (Wildman–Crippen MR) is 68.0 cm³/mol. The predicted octanol–water partition coefficient (Wildman–Crippen LogP) is 1.34. The second-order valence-corrected chi connectivity index (χ2v) is 4.61. The van der Waals surface area contributed by atoms with Gasteiger partial charge >= 0.3 is 0 Å². The molecule has 0 saturated carbocycles. The van der Waals surface area contributed by atoms with Crippen molar-refractivity contribution in [2.45, 2.75) is 45.7 Å². The molecule has 1 aromatic heterocycles. The van der Waals surface area contributed by atoms with Gasteiger partial charge in [-0.15, -0.1) is 0 Å². The molecule has 18 heavy (non-hydrogen) atoms. The zero-order chi connectivity index (χ0) is 13.0. The van der Waals surface area contributed by atoms with Crippen molar-refractivity contribution < 1.29 is 9.21 Å². The van der Waals surface area contributed by atoms with E-state index in [1.807, 2.05) is 13.8 Å². The standard InChI is InChI=1S/C13H21N3O2/c1-3-10-8-15-12(18-10)9-16-7-5-6-14-13(17)11(16)4-2/h8,11H,3-7,9H2,1-2H3,(H,14,17)/t11-/m0/s1. The summed E-state index contributed by atoms with van der Waals surface area (Å²) in [7, 11) is 0. The third-order valence-corrected chi connectivity index (χ3v) is 3.34. The minimum absolute atomic E-state index is 0.0653. The van der Waals surface area contributed by atoms with Crippen LogP contribution in [0.1, 0.15) is 38.3 Å². The molecule has 0 aromatic carbocycles. The first-order valence-corrected chi connectivity index (χ1v) is 6.70. The van der Waals surface area contributed by atoms with Crippen LogP contribution in [0.5, 0.6) is 0 Å². The van der Waals surface area contributed by atoms with Gasteiger partial charge in [-0.2, -0.15) is 0 Å². The van der Waals surface area contributed by atoms with Gasteiger partial charge < -0.3 is 9.73 Å². The van der Waals surface area contributed by atoms with Crippen LogP contribution in [0.2, 0.25) is 0 Å². The van der Waals surface area contributed by atoms with Gasteiger partial charge in [0.1, 0.15) is 5.76 Å². The minimum Gasteiger partial charge on any atom is -0.444 e. The van der Waals surface area contributed by atoms with E-state index in [0.717, 1.165) is 38.1 Å². The molecule has 2 heterocycles. The van der Waals surface area contributed by atoms with Gasteiger partial charge in [0.05, 0.1) is 18.8 Å². The van der Waals surface area contributed by atoms with Crippen molar-refractivity contribution in [1.29, 1.82) is 0 Å². The zero-order valence-corrected chi connectivity index (χ0v) is 11.1. The number of oxazole rings is 1. The minimum atomic E-state index is -0.0653. The van der Waals surface area contributed by atoms with Gasteiger partial charge in [-0.1, -0.05) is 13.8 Å². The lowest BCUT2D eigenvalue weighted by atomic mass is 10.2. The molecule has 1 aliphatic rings. The van der Waals surface area contributed by atoms with Gasteiger partial charge in [0.2, 0.25) is 11.8 Å². The highest BCUT2D eigenvalue weighted by molar-refractivity contribution is 5.81. The van der Waals surface area contributed by atoms with Crippen LogP contribution >= 0.6 is 0 Å². The maximum atomic E-state index is 11.9. The molecule has 0 unspecified atom stereocenters. The highest BCUT2D eigenvalue weighted by atomic mass is 16.4. The topological polar surface area (TPSA) is 58.4 Å². The second-order valence-electron chi connectivity index (χ2n) is 4.61. The molecule has 1 N–H and O–H groups in total. The summed E-state index contributed by atoms with van der Waals surface area (Å²) in [5.41, 5.74) is 0. The highest BCUT2D eigenvalue weighted by Crippen LogP contribution is 2.14. The van der Waals surface area contributed by atoms with Crippen LogP contribution in [-0.4, -0.2) is 34.9 Å². The van der Waals surface area contributed by atoms with Crippen molar-refractivity contribution >= 4 is 5.91 Å². The molecule has 0 aliphatic carbocycles. The number of carbonyl (C=O) groups is 1. The number of aromatic nitrogens is 1. The fourth-order valence-corrected chi connectivity index (χ4v) is 2.32. The van der Waals surface area contributed by atoms with Crippen LogP contribution in [0.15, 0.2) is 10.6 Å². The third kappa shape index (κ3) is 2.90. The van der Waals surface area contributed by atoms with Crippen molar-refractivity contribution in [2.24, 2.45) is 0 Å². The average molecular weight is 251 g/mol. The van der Waals surface area contributed by atoms with Crippen molar-refractivity contribution in [1.82, 2.24) is 15.2 Å². The molecule has 1 fully saturated rings. The SMILES string of the molecule is CCc1cnc(CN2CCCNC(=O)[C@@H]2CC)o1. The molecule has 1 saturated heterocycles. The summed E-state index contributed by atoms with van der Waals surface area (Å²) in [5.74, 6) is 1.73. The molecule has 2 rings (SSSR count). The Morgan fingerprint density at radius 1 is 1.56 bits per heavy atom. The zero-order valence-electron chi connectivity index (χ0n) is 11.1. The Hall–Kier alpha value is -1.36. The fourth-order valence-electron chi connectivity index (χ4n) is 2.32. The third-order valence-electron chi connectivity index (χ3n) is 3.34. The number of nitrogens with one attached hydrogen (secondary N) is 1. The van der Waals surface area contributed by atoms with Crippen molar-refractivity contribution in [3.05, 3.63) is 17.8 Å². The Morgan fingerprint density at radius 2 is 2.39 bits per heavy atom. The van der Waals surface area contributed by atoms with E-state index in [2.05, 4.69) is 15.2 Å². The van der Waals surface area contributed by atoms with E-state index in [0.29, 0.717) is 12.4 Å². The summed E-state index contributed by atoms with van der Waals surface area (Å²) in [4.78, 5) is 18.3. The largest absolute Gasteiger partial charge is 0.444 e. The Bertz CT molecular complexity index is 403. The van der Waals surface area contributed by atoms with E-state index in [4.69, 9.17) is 4.42 Å². The number of hydrogen-bond donors (Lipinski definition) is 1. The monoisotopic (exact) mass is 251 g/mol. The fraction of sp³-hybridized carbons (Fsp3) is 0.692. The Morgan fingerprint density at radius 3 is 3.06 bits per heavy atom. The molecule has 1 atom stereocenters. The molecule has 1 aliphatic heterocycles. The van der Waals surface area contributed by atoms with Gasteiger partial charge in [-0.25, -0.2) is 4.98 Å². The maximum absolute atomic E-state index is 11.9. The smallest absolute Gasteiger partial charge is 0.237 e. The summed E-state index contributed by atoms with van der Waals surface area (Å²) < 4.78 is 5.62. The molecule has 1 aromatic rings. The van der Waals surface area contributed by atoms with Crippen LogP contribution in [0.3, 0.4) is 0 Å². The summed E-state index contributed by atoms with van der Waals surface area (Å²) in [6.07, 6.45) is 4.41. The highest BCUT2D eigenvalue weighted by Gasteiger charge is 2.27. The van der Waals surface area contributed by atoms with Crippen molar-refractivity contribution in [3.8, 4) is 0 Å². The van der Waals surface area contributed by atoms with Gasteiger partial charge in [-0.3, -0.25) is 9.69 Å². The first kappa shape index (κ1) is 13.1. The molecule has 0 radical (unpaired) electrons. The normalized spacial score (nSPS) is 21.7. The van der Waals surface area contributed by atoms with E-state index < -0.39 is 0 Å². The van der Waals surface area contributed by atoms with Gasteiger partial charge in [-0.05, 0) is 12.8 Å². The molecule has 0 bridgehead atoms. The summed E-state index contributed by atoms with van der Waals surface area (Å²) in [5, 5.41) is 2.95. The maximum Gasteiger partial charge on any atom is 0.237 e. The van der Waals surface area contributed by atoms with Crippen molar-refractivity contribution in [3.63, 3.8) is 0 Å². The number of nitrogens with zero attached hydrogens (tertiary/aromatic N) is 2. The molecule has 5 nitrogen and oxygen atoms in total. The Balaban J connectivity index is 2.06. The summed E-state index contributed by atoms with van der Waals surface area (Å²) in [6.45, 7) is 6.36. The van der Waals surface area contributed by atoms with E-state index in [1.54, 1.807) is 6.20 Å². The lowest BCUT2D eigenvalue weighted by Gasteiger charge is -2.25. The lowest BCUT2D eigenvalue weighted by molar-refractivity contribution is -0.125. The van der Waals surface area contributed by atoms with Crippen LogP contribution in [0.25, 0.3) is 0 Å². The number of aryl methyl sites for hydroxylation is 1. The van der Waals surface area contributed by atoms with E-state index >= 15 is 0 Å². The van der Waals surface area contributed by atoms with Gasteiger partial charge in [0.15, 0.2) is 0 Å². The first-order chi connectivity index (χ1) is 8.74. The van der Waals surface area contributed by atoms with Crippen molar-refractivity contribution in [2.75, 3.05) is 13.1 Å². The van der Waals surface area contributed by atoms with E-state index in [1.165, 1.54) is 0 Å². The molecule has 100 valence electrons. The molecular formula is C13H21N3O2. The summed E-state index contributed by atoms with van der Waals surface area (Å²) in [6, 6.07) is -0.0653. The number of rotatable bonds is 4. The van der Waals surface area contributed by atoms with Gasteiger partial charge in [0, 0.05) is 19.5 Å². The van der Waals surface area contributed by atoms with Crippen LogP contribution in [0.4, 0.5) is 0 Å². The van der Waals surface area contributed by atoms with Gasteiger partial charge in [0.25, 0.3) is 0 Å². The lowest BCUT2D eigenvalue weighted by Crippen LogP contribution is -2.43. The first-order valence-electron chi connectivity index (χ1n) is 6.70. The quantitative estimate of drug-likeness (QED) is 0.877. The number of carbonyl (C=O) groups excluding carboxylic acids is 1. The molecule has 0 spiro atoms. The Labute approximate surface area is 108 Å². The Kier molecular flexibility index (Phi) is 4.36. The van der Waals surface area contributed by atoms with Crippen LogP contribution < -0.4 is 5.32 Å². The molecule has 1 amide bonds. The van der Waals surface area contributed by atoms with Crippen LogP contribution in [-0.2, 0) is 17.8 Å². The van der Waals surface area contributed by atoms with E-state index in [-0.39, 0.29) is 11.9 Å². The molecule has 5 heteroatoms.